The molecule has 1 heterocycles. The van der Waals surface area contributed by atoms with Gasteiger partial charge in [0.2, 0.25) is 5.91 Å². The van der Waals surface area contributed by atoms with Crippen molar-refractivity contribution in [3.8, 4) is 0 Å². The number of alkyl halides is 2. The molecule has 0 aromatic carbocycles. The molecule has 1 unspecified atom stereocenters. The Balaban J connectivity index is 0.00000232. The number of carbonyl (C=O) groups excluding carboxylic acids is 2. The smallest absolute Gasteiger partial charge is 0.410 e. The average Bonchev–Trinajstić information content (AvgIpc) is 2.72. The van der Waals surface area contributed by atoms with Crippen molar-refractivity contribution in [2.24, 2.45) is 11.8 Å². The largest absolute Gasteiger partial charge is 0.444 e. The fourth-order valence-corrected chi connectivity index (χ4v) is 1.95. The summed E-state index contributed by atoms with van der Waals surface area (Å²) in [6.07, 6.45) is -0.818. The molecule has 1 saturated heterocycles. The van der Waals surface area contributed by atoms with Gasteiger partial charge in [0.25, 0.3) is 5.92 Å². The van der Waals surface area contributed by atoms with E-state index in [2.05, 4.69) is 5.32 Å². The van der Waals surface area contributed by atoms with Crippen molar-refractivity contribution >= 4 is 12.0 Å². The summed E-state index contributed by atoms with van der Waals surface area (Å²) in [6.45, 7) is 11.9. The second kappa shape index (κ2) is 8.45. The fraction of sp³-hybridized carbons (Fsp3) is 0.875. The summed E-state index contributed by atoms with van der Waals surface area (Å²) in [7, 11) is 0. The van der Waals surface area contributed by atoms with Gasteiger partial charge < -0.3 is 15.0 Å². The molecule has 1 fully saturated rings. The maximum absolute atomic E-state index is 13.9. The first-order valence-electron chi connectivity index (χ1n) is 8.06. The van der Waals surface area contributed by atoms with E-state index in [9.17, 15) is 18.4 Å². The predicted octanol–water partition coefficient (Wildman–Crippen LogP) is 3.29. The molecule has 1 aliphatic rings. The predicted molar refractivity (Wildman–Crippen MR) is 85.4 cm³/mol. The molecule has 0 bridgehead atoms. The lowest BCUT2D eigenvalue weighted by Gasteiger charge is -2.24. The number of amides is 2. The Morgan fingerprint density at radius 1 is 1.30 bits per heavy atom. The quantitative estimate of drug-likeness (QED) is 0.860. The van der Waals surface area contributed by atoms with E-state index in [4.69, 9.17) is 4.74 Å². The van der Waals surface area contributed by atoms with Gasteiger partial charge in [0.1, 0.15) is 11.5 Å². The normalized spacial score (nSPS) is 19.9. The maximum Gasteiger partial charge on any atom is 0.410 e. The van der Waals surface area contributed by atoms with Gasteiger partial charge in [0.05, 0.1) is 6.54 Å². The van der Waals surface area contributed by atoms with E-state index in [1.807, 2.05) is 27.7 Å². The minimum atomic E-state index is -3.24. The van der Waals surface area contributed by atoms with Crippen LogP contribution in [0.3, 0.4) is 0 Å². The lowest BCUT2D eigenvalue weighted by molar-refractivity contribution is -0.134. The van der Waals surface area contributed by atoms with Gasteiger partial charge in [-0.2, -0.15) is 0 Å². The number of hydrogen-bond acceptors (Lipinski definition) is 3. The maximum atomic E-state index is 13.9. The Labute approximate surface area is 137 Å². The van der Waals surface area contributed by atoms with Crippen LogP contribution in [0.1, 0.15) is 48.5 Å². The Kier molecular flexibility index (Phi) is 7.94. The molecule has 1 atom stereocenters. The second-order valence-electron chi connectivity index (χ2n) is 6.81. The highest BCUT2D eigenvalue weighted by Crippen LogP contribution is 2.34. The zero-order chi connectivity index (χ0) is 18.4. The van der Waals surface area contributed by atoms with Crippen molar-refractivity contribution in [2.75, 3.05) is 19.6 Å². The van der Waals surface area contributed by atoms with Crippen LogP contribution in [0.15, 0.2) is 0 Å². The van der Waals surface area contributed by atoms with Gasteiger partial charge in [0, 0.05) is 13.1 Å². The highest BCUT2D eigenvalue weighted by atomic mass is 19.3. The molecule has 1 N–H and O–H groups in total. The van der Waals surface area contributed by atoms with Crippen LogP contribution in [-0.2, 0) is 9.53 Å². The molecular formula is C16H30F2N2O3. The third-order valence-electron chi connectivity index (χ3n) is 2.97. The highest BCUT2D eigenvalue weighted by Gasteiger charge is 2.53. The molecular weight excluding hydrogens is 306 g/mol. The molecule has 7 heteroatoms. The van der Waals surface area contributed by atoms with Gasteiger partial charge >= 0.3 is 6.09 Å². The Bertz CT molecular complexity index is 407. The Morgan fingerprint density at radius 3 is 2.26 bits per heavy atom. The van der Waals surface area contributed by atoms with E-state index in [1.165, 1.54) is 0 Å². The van der Waals surface area contributed by atoms with Crippen LogP contribution >= 0.6 is 0 Å². The zero-order valence-electron chi connectivity index (χ0n) is 15.2. The van der Waals surface area contributed by atoms with Gasteiger partial charge in [-0.25, -0.2) is 13.6 Å². The summed E-state index contributed by atoms with van der Waals surface area (Å²) in [5.74, 6) is -5.31. The third kappa shape index (κ3) is 7.14. The number of likely N-dealkylation sites (tertiary alicyclic amines) is 1. The number of nitrogens with one attached hydrogen (secondary N) is 1. The van der Waals surface area contributed by atoms with Crippen molar-refractivity contribution < 1.29 is 23.1 Å². The number of halogens is 2. The molecule has 0 aliphatic carbocycles. The van der Waals surface area contributed by atoms with Gasteiger partial charge in [-0.05, 0) is 26.7 Å². The molecule has 136 valence electrons. The standard InChI is InChI=1S/C14H24F2N2O3.C2H6/c1-9(2)6-17-11(19)10-7-18(8-14(10,15)16)12(20)21-13(3,4)5;1-2/h9-10H,6-8H2,1-5H3,(H,17,19);1-2H3. The van der Waals surface area contributed by atoms with Crippen molar-refractivity contribution in [1.82, 2.24) is 10.2 Å². The third-order valence-corrected chi connectivity index (χ3v) is 2.97. The monoisotopic (exact) mass is 336 g/mol. The van der Waals surface area contributed by atoms with Crippen LogP contribution in [0.25, 0.3) is 0 Å². The van der Waals surface area contributed by atoms with Crippen LogP contribution in [-0.4, -0.2) is 48.1 Å². The van der Waals surface area contributed by atoms with E-state index in [1.54, 1.807) is 20.8 Å². The summed E-state index contributed by atoms with van der Waals surface area (Å²) in [6, 6.07) is 0. The molecule has 1 rings (SSSR count). The van der Waals surface area contributed by atoms with Gasteiger partial charge in [0.15, 0.2) is 0 Å². The summed E-state index contributed by atoms with van der Waals surface area (Å²) in [5.41, 5.74) is -0.760. The van der Waals surface area contributed by atoms with Crippen LogP contribution in [0.4, 0.5) is 13.6 Å². The molecule has 1 aliphatic heterocycles. The second-order valence-corrected chi connectivity index (χ2v) is 6.81. The van der Waals surface area contributed by atoms with Crippen LogP contribution < -0.4 is 5.32 Å². The first kappa shape index (κ1) is 21.6. The topological polar surface area (TPSA) is 58.6 Å². The highest BCUT2D eigenvalue weighted by molar-refractivity contribution is 5.81. The number of hydrogen-bond donors (Lipinski definition) is 1. The van der Waals surface area contributed by atoms with Crippen molar-refractivity contribution in [3.63, 3.8) is 0 Å². The van der Waals surface area contributed by atoms with E-state index < -0.39 is 36.0 Å². The molecule has 5 nitrogen and oxygen atoms in total. The minimum Gasteiger partial charge on any atom is -0.444 e. The molecule has 2 amide bonds. The summed E-state index contributed by atoms with van der Waals surface area (Å²) in [5, 5.41) is 2.49. The van der Waals surface area contributed by atoms with Crippen molar-refractivity contribution in [2.45, 2.75) is 60.0 Å². The van der Waals surface area contributed by atoms with Gasteiger partial charge in [-0.3, -0.25) is 4.79 Å². The van der Waals surface area contributed by atoms with E-state index in [-0.39, 0.29) is 12.5 Å². The zero-order valence-corrected chi connectivity index (χ0v) is 15.2. The van der Waals surface area contributed by atoms with Crippen LogP contribution in [0, 0.1) is 11.8 Å². The number of carbonyl (C=O) groups is 2. The molecule has 0 aromatic rings. The first-order valence-corrected chi connectivity index (χ1v) is 8.06. The van der Waals surface area contributed by atoms with E-state index in [0.717, 1.165) is 4.90 Å². The molecule has 23 heavy (non-hydrogen) atoms. The molecule has 0 spiro atoms. The number of rotatable bonds is 3. The number of nitrogens with zero attached hydrogens (tertiary/aromatic N) is 1. The fourth-order valence-electron chi connectivity index (χ4n) is 1.95. The van der Waals surface area contributed by atoms with Crippen LogP contribution in [0.2, 0.25) is 0 Å². The number of ether oxygens (including phenoxy) is 1. The van der Waals surface area contributed by atoms with Crippen molar-refractivity contribution in [1.29, 1.82) is 0 Å². The average molecular weight is 336 g/mol. The molecule has 0 aromatic heterocycles. The molecule has 0 saturated carbocycles. The first-order chi connectivity index (χ1) is 10.4. The lowest BCUT2D eigenvalue weighted by atomic mass is 10.0. The van der Waals surface area contributed by atoms with E-state index in [0.29, 0.717) is 6.54 Å². The summed E-state index contributed by atoms with van der Waals surface area (Å²) in [4.78, 5) is 24.6. The minimum absolute atomic E-state index is 0.172. The summed E-state index contributed by atoms with van der Waals surface area (Å²) < 4.78 is 32.9. The Hall–Kier alpha value is -1.40. The van der Waals surface area contributed by atoms with Gasteiger partial charge in [-0.15, -0.1) is 0 Å². The SMILES string of the molecule is CC.CC(C)CNC(=O)C1CN(C(=O)OC(C)(C)C)CC1(F)F. The summed E-state index contributed by atoms with van der Waals surface area (Å²) >= 11 is 0. The van der Waals surface area contributed by atoms with Crippen molar-refractivity contribution in [3.05, 3.63) is 0 Å². The lowest BCUT2D eigenvalue weighted by Crippen LogP contribution is -2.41. The Morgan fingerprint density at radius 2 is 1.83 bits per heavy atom. The molecule has 0 radical (unpaired) electrons. The van der Waals surface area contributed by atoms with Crippen LogP contribution in [0.5, 0.6) is 0 Å². The van der Waals surface area contributed by atoms with Gasteiger partial charge in [-0.1, -0.05) is 27.7 Å². The van der Waals surface area contributed by atoms with E-state index >= 15 is 0 Å².